The molecule has 0 saturated heterocycles. The number of hydrogen-bond acceptors (Lipinski definition) is 3. The number of hydrogen-bond donors (Lipinski definition) is 2. The Bertz CT molecular complexity index is 595. The van der Waals surface area contributed by atoms with E-state index in [0.29, 0.717) is 13.0 Å². The van der Waals surface area contributed by atoms with E-state index in [4.69, 9.17) is 0 Å². The molecule has 1 atom stereocenters. The molecular weight excluding hydrogens is 248 g/mol. The molecule has 0 bridgehead atoms. The second-order valence-corrected chi connectivity index (χ2v) is 5.08. The van der Waals surface area contributed by atoms with Crippen LogP contribution in [0.5, 0.6) is 0 Å². The van der Waals surface area contributed by atoms with E-state index in [1.165, 1.54) is 5.56 Å². The molecule has 1 heterocycles. The summed E-state index contributed by atoms with van der Waals surface area (Å²) in [6, 6.07) is 20.3. The van der Waals surface area contributed by atoms with E-state index in [2.05, 4.69) is 22.4 Å². The third-order valence-electron chi connectivity index (χ3n) is 3.78. The molecule has 0 amide bonds. The quantitative estimate of drug-likeness (QED) is 0.892. The highest BCUT2D eigenvalue weighted by Crippen LogP contribution is 2.29. The molecule has 1 aliphatic heterocycles. The molecular formula is C17H18N2O. The first kappa shape index (κ1) is 12.9. The molecule has 2 aromatic rings. The van der Waals surface area contributed by atoms with E-state index < -0.39 is 0 Å². The van der Waals surface area contributed by atoms with E-state index in [-0.39, 0.29) is 12.1 Å². The minimum Gasteiger partial charge on any atom is -0.396 e. The summed E-state index contributed by atoms with van der Waals surface area (Å²) in [5.74, 6) is 0.905. The number of aliphatic hydroxyl groups is 1. The third-order valence-corrected chi connectivity index (χ3v) is 3.78. The first-order valence-electron chi connectivity index (χ1n) is 6.88. The van der Waals surface area contributed by atoms with Gasteiger partial charge in [0.1, 0.15) is 5.84 Å². The van der Waals surface area contributed by atoms with Crippen LogP contribution < -0.4 is 5.32 Å². The van der Waals surface area contributed by atoms with Crippen molar-refractivity contribution in [3.63, 3.8) is 0 Å². The van der Waals surface area contributed by atoms with Gasteiger partial charge in [0.05, 0.1) is 12.1 Å². The maximum atomic E-state index is 9.42. The van der Waals surface area contributed by atoms with Crippen LogP contribution >= 0.6 is 0 Å². The van der Waals surface area contributed by atoms with E-state index >= 15 is 0 Å². The zero-order valence-corrected chi connectivity index (χ0v) is 11.3. The molecule has 0 spiro atoms. The molecule has 3 rings (SSSR count). The fourth-order valence-corrected chi connectivity index (χ4v) is 2.68. The summed E-state index contributed by atoms with van der Waals surface area (Å²) in [6.45, 7) is 0.793. The van der Waals surface area contributed by atoms with Crippen molar-refractivity contribution < 1.29 is 5.11 Å². The number of amidine groups is 1. The Morgan fingerprint density at radius 3 is 2.30 bits per heavy atom. The summed E-state index contributed by atoms with van der Waals surface area (Å²) >= 11 is 0. The Morgan fingerprint density at radius 2 is 1.65 bits per heavy atom. The standard InChI is InChI=1S/C17H18N2O/c20-12-11-17(15-9-5-2-6-10-15)13-18-16(19-17)14-7-3-1-4-8-14/h1-10,20H,11-13H2,(H,18,19). The molecule has 0 fully saturated rings. The van der Waals surface area contributed by atoms with Gasteiger partial charge in [0, 0.05) is 12.2 Å². The predicted molar refractivity (Wildman–Crippen MR) is 80.8 cm³/mol. The molecule has 1 unspecified atom stereocenters. The van der Waals surface area contributed by atoms with E-state index in [9.17, 15) is 5.11 Å². The predicted octanol–water partition coefficient (Wildman–Crippen LogP) is 2.31. The van der Waals surface area contributed by atoms with E-state index in [0.717, 1.165) is 11.4 Å². The first-order chi connectivity index (χ1) is 9.84. The van der Waals surface area contributed by atoms with Gasteiger partial charge in [-0.05, 0) is 12.0 Å². The average Bonchev–Trinajstić information content (AvgIpc) is 2.95. The fourth-order valence-electron chi connectivity index (χ4n) is 2.68. The SMILES string of the molecule is OCCC1(c2ccccc2)CN=C(c2ccccc2)N1. The number of benzene rings is 2. The molecule has 102 valence electrons. The maximum Gasteiger partial charge on any atom is 0.129 e. The number of nitrogens with zero attached hydrogens (tertiary/aromatic N) is 1. The fraction of sp³-hybridized carbons (Fsp3) is 0.235. The van der Waals surface area contributed by atoms with Crippen LogP contribution in [0.4, 0.5) is 0 Å². The van der Waals surface area contributed by atoms with Crippen LogP contribution in [0.2, 0.25) is 0 Å². The van der Waals surface area contributed by atoms with Gasteiger partial charge >= 0.3 is 0 Å². The van der Waals surface area contributed by atoms with Crippen LogP contribution in [0.25, 0.3) is 0 Å². The van der Waals surface area contributed by atoms with Crippen molar-refractivity contribution in [1.29, 1.82) is 0 Å². The van der Waals surface area contributed by atoms with Gasteiger partial charge in [-0.3, -0.25) is 4.99 Å². The molecule has 2 N–H and O–H groups in total. The van der Waals surface area contributed by atoms with Gasteiger partial charge in [-0.2, -0.15) is 0 Å². The van der Waals surface area contributed by atoms with Crippen LogP contribution in [-0.4, -0.2) is 24.1 Å². The highest BCUT2D eigenvalue weighted by atomic mass is 16.3. The molecule has 20 heavy (non-hydrogen) atoms. The van der Waals surface area contributed by atoms with Crippen molar-refractivity contribution >= 4 is 5.84 Å². The lowest BCUT2D eigenvalue weighted by Gasteiger charge is -2.29. The summed E-state index contributed by atoms with van der Waals surface area (Å²) in [6.07, 6.45) is 0.650. The summed E-state index contributed by atoms with van der Waals surface area (Å²) in [5, 5.41) is 12.9. The maximum absolute atomic E-state index is 9.42. The second-order valence-electron chi connectivity index (χ2n) is 5.08. The average molecular weight is 266 g/mol. The van der Waals surface area contributed by atoms with Crippen LogP contribution in [-0.2, 0) is 5.54 Å². The third kappa shape index (κ3) is 2.32. The van der Waals surface area contributed by atoms with Crippen molar-refractivity contribution in [2.75, 3.05) is 13.2 Å². The largest absolute Gasteiger partial charge is 0.396 e. The molecule has 0 aliphatic carbocycles. The number of aliphatic imine (C=N–C) groups is 1. The van der Waals surface area contributed by atoms with Crippen LogP contribution in [0.3, 0.4) is 0 Å². The van der Waals surface area contributed by atoms with E-state index in [1.807, 2.05) is 48.5 Å². The summed E-state index contributed by atoms with van der Waals surface area (Å²) in [4.78, 5) is 4.65. The van der Waals surface area contributed by atoms with E-state index in [1.54, 1.807) is 0 Å². The van der Waals surface area contributed by atoms with Crippen molar-refractivity contribution in [2.24, 2.45) is 4.99 Å². The molecule has 3 nitrogen and oxygen atoms in total. The summed E-state index contributed by atoms with van der Waals surface area (Å²) < 4.78 is 0. The van der Waals surface area contributed by atoms with Crippen molar-refractivity contribution in [3.05, 3.63) is 71.8 Å². The minimum absolute atomic E-state index is 0.138. The normalized spacial score (nSPS) is 21.4. The Kier molecular flexibility index (Phi) is 3.52. The monoisotopic (exact) mass is 266 g/mol. The van der Waals surface area contributed by atoms with Crippen LogP contribution in [0.1, 0.15) is 17.5 Å². The lowest BCUT2D eigenvalue weighted by Crippen LogP contribution is -2.44. The zero-order valence-electron chi connectivity index (χ0n) is 11.3. The Balaban J connectivity index is 1.90. The number of rotatable bonds is 4. The Morgan fingerprint density at radius 1 is 1.00 bits per heavy atom. The highest BCUT2D eigenvalue weighted by molar-refractivity contribution is 6.00. The summed E-state index contributed by atoms with van der Waals surface area (Å²) in [5.41, 5.74) is 1.97. The van der Waals surface area contributed by atoms with Crippen LogP contribution in [0.15, 0.2) is 65.7 Å². The summed E-state index contributed by atoms with van der Waals surface area (Å²) in [7, 11) is 0. The molecule has 2 aromatic carbocycles. The van der Waals surface area contributed by atoms with Crippen molar-refractivity contribution in [1.82, 2.24) is 5.32 Å². The Hall–Kier alpha value is -2.13. The topological polar surface area (TPSA) is 44.6 Å². The van der Waals surface area contributed by atoms with Gasteiger partial charge in [0.2, 0.25) is 0 Å². The molecule has 0 aromatic heterocycles. The van der Waals surface area contributed by atoms with Crippen molar-refractivity contribution in [2.45, 2.75) is 12.0 Å². The lowest BCUT2D eigenvalue weighted by atomic mass is 9.87. The zero-order chi connectivity index (χ0) is 13.8. The van der Waals surface area contributed by atoms with Gasteiger partial charge in [-0.15, -0.1) is 0 Å². The van der Waals surface area contributed by atoms with Crippen molar-refractivity contribution in [3.8, 4) is 0 Å². The molecule has 3 heteroatoms. The van der Waals surface area contributed by atoms with Crippen LogP contribution in [0, 0.1) is 0 Å². The van der Waals surface area contributed by atoms with Gasteiger partial charge in [-0.25, -0.2) is 0 Å². The smallest absolute Gasteiger partial charge is 0.129 e. The molecule has 1 aliphatic rings. The van der Waals surface area contributed by atoms with Gasteiger partial charge in [0.25, 0.3) is 0 Å². The number of nitrogens with one attached hydrogen (secondary N) is 1. The highest BCUT2D eigenvalue weighted by Gasteiger charge is 2.36. The van der Waals surface area contributed by atoms with Gasteiger partial charge in [0.15, 0.2) is 0 Å². The Labute approximate surface area is 119 Å². The van der Waals surface area contributed by atoms with Gasteiger partial charge < -0.3 is 10.4 Å². The second kappa shape index (κ2) is 5.47. The first-order valence-corrected chi connectivity index (χ1v) is 6.88. The molecule has 0 saturated carbocycles. The minimum atomic E-state index is -0.290. The molecule has 0 radical (unpaired) electrons. The lowest BCUT2D eigenvalue weighted by molar-refractivity contribution is 0.235. The van der Waals surface area contributed by atoms with Gasteiger partial charge in [-0.1, -0.05) is 60.7 Å². The number of aliphatic hydroxyl groups excluding tert-OH is 1.